The number of methoxy groups -OCH3 is 1. The smallest absolute Gasteiger partial charge is 0.316 e. The summed E-state index contributed by atoms with van der Waals surface area (Å²) in [6, 6.07) is 8.76. The van der Waals surface area contributed by atoms with E-state index in [4.69, 9.17) is 9.72 Å². The molecule has 2 aromatic heterocycles. The molecule has 144 valence electrons. The molecule has 7 heteroatoms. The number of aromatic nitrogens is 3. The zero-order valence-electron chi connectivity index (χ0n) is 16.3. The average Bonchev–Trinajstić information content (AvgIpc) is 2.73. The number of carbonyl (C=O) groups excluding carboxylic acids is 1. The molecule has 0 aliphatic carbocycles. The molecule has 1 aliphatic rings. The summed E-state index contributed by atoms with van der Waals surface area (Å²) < 4.78 is 5.02. The first-order valence-corrected chi connectivity index (χ1v) is 9.33. The highest BCUT2D eigenvalue weighted by molar-refractivity contribution is 5.88. The summed E-state index contributed by atoms with van der Waals surface area (Å²) in [4.78, 5) is 28.9. The third-order valence-electron chi connectivity index (χ3n) is 5.20. The molecule has 7 nitrogen and oxygen atoms in total. The lowest BCUT2D eigenvalue weighted by molar-refractivity contribution is -0.129. The van der Waals surface area contributed by atoms with Gasteiger partial charge in [-0.15, -0.1) is 0 Å². The van der Waals surface area contributed by atoms with Crippen LogP contribution in [0.3, 0.4) is 0 Å². The Morgan fingerprint density at radius 2 is 1.79 bits per heavy atom. The molecule has 0 atom stereocenters. The highest BCUT2D eigenvalue weighted by Gasteiger charge is 2.19. The van der Waals surface area contributed by atoms with Gasteiger partial charge in [0.05, 0.1) is 18.3 Å². The van der Waals surface area contributed by atoms with E-state index >= 15 is 0 Å². The van der Waals surface area contributed by atoms with Gasteiger partial charge in [-0.25, -0.2) is 15.0 Å². The third kappa shape index (κ3) is 3.47. The van der Waals surface area contributed by atoms with Gasteiger partial charge in [0.1, 0.15) is 0 Å². The van der Waals surface area contributed by atoms with Gasteiger partial charge in [-0.1, -0.05) is 0 Å². The van der Waals surface area contributed by atoms with Crippen LogP contribution in [0.2, 0.25) is 0 Å². The van der Waals surface area contributed by atoms with E-state index in [1.54, 1.807) is 26.4 Å². The summed E-state index contributed by atoms with van der Waals surface area (Å²) in [6.45, 7) is 6.95. The number of rotatable bonds is 3. The molecular weight excluding hydrogens is 354 g/mol. The molecule has 28 heavy (non-hydrogen) atoms. The molecular formula is C21H23N5O2. The van der Waals surface area contributed by atoms with E-state index in [2.05, 4.69) is 46.1 Å². The van der Waals surface area contributed by atoms with Crippen LogP contribution < -0.4 is 9.64 Å². The van der Waals surface area contributed by atoms with Gasteiger partial charge in [0.2, 0.25) is 5.91 Å². The molecule has 0 N–H and O–H groups in total. The molecule has 1 saturated heterocycles. The maximum absolute atomic E-state index is 11.5. The van der Waals surface area contributed by atoms with Gasteiger partial charge in [0.15, 0.2) is 0 Å². The lowest BCUT2D eigenvalue weighted by atomic mass is 10.1. The minimum atomic E-state index is 0.147. The van der Waals surface area contributed by atoms with Gasteiger partial charge < -0.3 is 14.5 Å². The summed E-state index contributed by atoms with van der Waals surface area (Å²) >= 11 is 0. The number of hydrogen-bond donors (Lipinski definition) is 0. The second kappa shape index (κ2) is 7.42. The Bertz CT molecular complexity index is 1010. The Morgan fingerprint density at radius 3 is 2.43 bits per heavy atom. The fourth-order valence-corrected chi connectivity index (χ4v) is 3.56. The van der Waals surface area contributed by atoms with Crippen molar-refractivity contribution in [2.24, 2.45) is 0 Å². The molecule has 4 rings (SSSR count). The van der Waals surface area contributed by atoms with Gasteiger partial charge in [-0.05, 0) is 36.8 Å². The Morgan fingerprint density at radius 1 is 1.07 bits per heavy atom. The van der Waals surface area contributed by atoms with E-state index in [1.165, 1.54) is 5.69 Å². The third-order valence-corrected chi connectivity index (χ3v) is 5.20. The molecule has 0 saturated carbocycles. The van der Waals surface area contributed by atoms with Crippen LogP contribution in [0.15, 0.2) is 36.7 Å². The zero-order valence-corrected chi connectivity index (χ0v) is 16.3. The van der Waals surface area contributed by atoms with Crippen LogP contribution in [0, 0.1) is 6.92 Å². The van der Waals surface area contributed by atoms with E-state index in [0.29, 0.717) is 6.01 Å². The Hall–Kier alpha value is -3.22. The van der Waals surface area contributed by atoms with Crippen molar-refractivity contribution in [1.29, 1.82) is 0 Å². The van der Waals surface area contributed by atoms with Crippen LogP contribution in [-0.2, 0) is 4.79 Å². The highest BCUT2D eigenvalue weighted by atomic mass is 16.5. The zero-order chi connectivity index (χ0) is 19.7. The predicted molar refractivity (Wildman–Crippen MR) is 109 cm³/mol. The molecule has 0 radical (unpaired) electrons. The molecule has 0 spiro atoms. The fraction of sp³-hybridized carbons (Fsp3) is 0.333. The van der Waals surface area contributed by atoms with Crippen molar-refractivity contribution in [2.75, 3.05) is 38.2 Å². The van der Waals surface area contributed by atoms with Crippen molar-refractivity contribution < 1.29 is 9.53 Å². The summed E-state index contributed by atoms with van der Waals surface area (Å²) in [6.07, 6.45) is 3.45. The lowest BCUT2D eigenvalue weighted by Crippen LogP contribution is -2.48. The Balaban J connectivity index is 1.62. The summed E-state index contributed by atoms with van der Waals surface area (Å²) in [5.41, 5.74) is 4.96. The number of amides is 1. The number of anilines is 1. The van der Waals surface area contributed by atoms with E-state index < -0.39 is 0 Å². The van der Waals surface area contributed by atoms with Gasteiger partial charge in [0.25, 0.3) is 0 Å². The van der Waals surface area contributed by atoms with Gasteiger partial charge in [-0.2, -0.15) is 0 Å². The van der Waals surface area contributed by atoms with Crippen molar-refractivity contribution in [3.05, 3.63) is 42.2 Å². The molecule has 1 amide bonds. The number of carbonyl (C=O) groups is 1. The lowest BCUT2D eigenvalue weighted by Gasteiger charge is -2.35. The van der Waals surface area contributed by atoms with Crippen LogP contribution in [0.4, 0.5) is 5.69 Å². The average molecular weight is 377 g/mol. The van der Waals surface area contributed by atoms with Crippen molar-refractivity contribution in [3.8, 4) is 17.3 Å². The monoisotopic (exact) mass is 377 g/mol. The van der Waals surface area contributed by atoms with Crippen LogP contribution in [-0.4, -0.2) is 59.0 Å². The first-order valence-electron chi connectivity index (χ1n) is 9.33. The topological polar surface area (TPSA) is 71.5 Å². The van der Waals surface area contributed by atoms with Crippen molar-refractivity contribution in [2.45, 2.75) is 13.8 Å². The quantitative estimate of drug-likeness (QED) is 0.699. The molecule has 1 aromatic carbocycles. The van der Waals surface area contributed by atoms with E-state index in [1.807, 2.05) is 4.90 Å². The maximum Gasteiger partial charge on any atom is 0.316 e. The Labute approximate surface area is 164 Å². The second-order valence-corrected chi connectivity index (χ2v) is 6.98. The standard InChI is InChI=1S/C21H23N5O2/c1-14-10-20(16-12-22-21(28-3)23-13-16)24-19-5-4-17(11-18(14)19)26-8-6-25(7-9-26)15(2)27/h4-5,10-13H,6-9H2,1-3H3. The molecule has 0 bridgehead atoms. The van der Waals surface area contributed by atoms with E-state index in [9.17, 15) is 4.79 Å². The first-order chi connectivity index (χ1) is 13.5. The largest absolute Gasteiger partial charge is 0.467 e. The minimum absolute atomic E-state index is 0.147. The molecule has 0 unspecified atom stereocenters. The first kappa shape index (κ1) is 18.2. The van der Waals surface area contributed by atoms with Crippen molar-refractivity contribution in [3.63, 3.8) is 0 Å². The van der Waals surface area contributed by atoms with Crippen molar-refractivity contribution >= 4 is 22.5 Å². The normalized spacial score (nSPS) is 14.4. The maximum atomic E-state index is 11.5. The number of pyridine rings is 1. The van der Waals surface area contributed by atoms with Crippen LogP contribution in [0.25, 0.3) is 22.2 Å². The van der Waals surface area contributed by atoms with Gasteiger partial charge in [-0.3, -0.25) is 4.79 Å². The molecule has 3 aromatic rings. The summed E-state index contributed by atoms with van der Waals surface area (Å²) in [5, 5.41) is 1.13. The van der Waals surface area contributed by atoms with E-state index in [-0.39, 0.29) is 5.91 Å². The summed E-state index contributed by atoms with van der Waals surface area (Å²) in [7, 11) is 1.55. The van der Waals surface area contributed by atoms with E-state index in [0.717, 1.165) is 53.9 Å². The molecule has 1 fully saturated rings. The van der Waals surface area contributed by atoms with Crippen LogP contribution >= 0.6 is 0 Å². The number of benzene rings is 1. The minimum Gasteiger partial charge on any atom is -0.467 e. The number of nitrogens with zero attached hydrogens (tertiary/aromatic N) is 5. The number of aryl methyl sites for hydroxylation is 1. The predicted octanol–water partition coefficient (Wildman–Crippen LogP) is 2.68. The fourth-order valence-electron chi connectivity index (χ4n) is 3.56. The van der Waals surface area contributed by atoms with Crippen molar-refractivity contribution in [1.82, 2.24) is 19.9 Å². The summed E-state index contributed by atoms with van der Waals surface area (Å²) in [5.74, 6) is 0.147. The Kier molecular flexibility index (Phi) is 4.81. The number of hydrogen-bond acceptors (Lipinski definition) is 6. The van der Waals surface area contributed by atoms with Gasteiger partial charge in [0, 0.05) is 62.1 Å². The highest BCUT2D eigenvalue weighted by Crippen LogP contribution is 2.28. The molecule has 3 heterocycles. The number of ether oxygens (including phenoxy) is 1. The SMILES string of the molecule is COc1ncc(-c2cc(C)c3cc(N4CCN(C(C)=O)CC4)ccc3n2)cn1. The van der Waals surface area contributed by atoms with Crippen LogP contribution in [0.1, 0.15) is 12.5 Å². The van der Waals surface area contributed by atoms with Crippen LogP contribution in [0.5, 0.6) is 6.01 Å². The van der Waals surface area contributed by atoms with Gasteiger partial charge >= 0.3 is 6.01 Å². The molecule has 1 aliphatic heterocycles. The number of piperazine rings is 1. The second-order valence-electron chi connectivity index (χ2n) is 6.98. The number of fused-ring (bicyclic) bond motifs is 1.